The van der Waals surface area contributed by atoms with Crippen LogP contribution in [0.2, 0.25) is 0 Å². The van der Waals surface area contributed by atoms with Crippen LogP contribution in [-0.4, -0.2) is 19.2 Å². The van der Waals surface area contributed by atoms with E-state index in [2.05, 4.69) is 6.92 Å². The number of halogens is 3. The third-order valence-electron chi connectivity index (χ3n) is 3.30. The van der Waals surface area contributed by atoms with Gasteiger partial charge in [0, 0.05) is 24.3 Å². The van der Waals surface area contributed by atoms with Crippen molar-refractivity contribution in [3.05, 3.63) is 0 Å². The van der Waals surface area contributed by atoms with Gasteiger partial charge in [0.2, 0.25) is 11.8 Å². The van der Waals surface area contributed by atoms with Crippen molar-refractivity contribution < 1.29 is 9.59 Å². The fraction of sp³-hybridized carbons (Fsp3) is 0.846. The number of imide groups is 1. The molecular formula is C13H20Cl3NO2S. The van der Waals surface area contributed by atoms with E-state index < -0.39 is 3.12 Å². The summed E-state index contributed by atoms with van der Waals surface area (Å²) in [4.78, 5) is 23.8. The van der Waals surface area contributed by atoms with Gasteiger partial charge in [-0.05, 0) is 6.42 Å². The third-order valence-corrected chi connectivity index (χ3v) is 4.69. The molecule has 0 bridgehead atoms. The quantitative estimate of drug-likeness (QED) is 0.262. The minimum absolute atomic E-state index is 0.222. The highest BCUT2D eigenvalue weighted by Gasteiger charge is 2.42. The highest BCUT2D eigenvalue weighted by atomic mass is 35.6. The zero-order chi connectivity index (χ0) is 15.2. The Balaban J connectivity index is 2.31. The number of alkyl halides is 3. The lowest BCUT2D eigenvalue weighted by molar-refractivity contribution is -0.132. The van der Waals surface area contributed by atoms with Crippen molar-refractivity contribution in [3.63, 3.8) is 0 Å². The predicted octanol–water partition coefficient (Wildman–Crippen LogP) is 5.09. The molecule has 0 saturated carbocycles. The SMILES string of the molecule is CCCCCCCCC1CC(=O)N(SC(Cl)(Cl)Cl)C1=O. The Labute approximate surface area is 139 Å². The number of carbonyl (C=O) groups excluding carboxylic acids is 2. The van der Waals surface area contributed by atoms with Gasteiger partial charge in [-0.1, -0.05) is 80.3 Å². The Hall–Kier alpha value is 0.360. The highest BCUT2D eigenvalue weighted by molar-refractivity contribution is 8.03. The summed E-state index contributed by atoms with van der Waals surface area (Å²) in [6.07, 6.45) is 7.97. The van der Waals surface area contributed by atoms with Gasteiger partial charge in [0.05, 0.1) is 0 Å². The molecule has 116 valence electrons. The lowest BCUT2D eigenvalue weighted by atomic mass is 9.99. The number of hydrogen-bond acceptors (Lipinski definition) is 3. The summed E-state index contributed by atoms with van der Waals surface area (Å²) in [6, 6.07) is 0. The molecule has 0 aromatic rings. The van der Waals surface area contributed by atoms with Gasteiger partial charge in [0.15, 0.2) is 0 Å². The highest BCUT2D eigenvalue weighted by Crippen LogP contribution is 2.44. The van der Waals surface area contributed by atoms with Crippen LogP contribution in [0.3, 0.4) is 0 Å². The van der Waals surface area contributed by atoms with E-state index >= 15 is 0 Å². The molecule has 0 radical (unpaired) electrons. The van der Waals surface area contributed by atoms with Gasteiger partial charge in [0.1, 0.15) is 0 Å². The van der Waals surface area contributed by atoms with Crippen LogP contribution in [0.5, 0.6) is 0 Å². The van der Waals surface area contributed by atoms with Crippen LogP contribution in [0.15, 0.2) is 0 Å². The average Bonchev–Trinajstić information content (AvgIpc) is 2.60. The molecule has 0 N–H and O–H groups in total. The lowest BCUT2D eigenvalue weighted by Gasteiger charge is -2.18. The number of amides is 2. The minimum Gasteiger partial charge on any atom is -0.273 e. The molecule has 1 aliphatic heterocycles. The summed E-state index contributed by atoms with van der Waals surface area (Å²) in [5.74, 6) is -0.726. The number of unbranched alkanes of at least 4 members (excludes halogenated alkanes) is 5. The number of carbonyl (C=O) groups is 2. The second-order valence-electron chi connectivity index (χ2n) is 5.02. The summed E-state index contributed by atoms with van der Waals surface area (Å²) in [5, 5.41) is 0. The van der Waals surface area contributed by atoms with Gasteiger partial charge in [-0.15, -0.1) is 0 Å². The molecule has 1 saturated heterocycles. The molecule has 0 aromatic carbocycles. The Kier molecular flexibility index (Phi) is 8.02. The molecule has 2 amide bonds. The predicted molar refractivity (Wildman–Crippen MR) is 85.8 cm³/mol. The molecule has 0 aliphatic carbocycles. The average molecular weight is 361 g/mol. The monoisotopic (exact) mass is 359 g/mol. The topological polar surface area (TPSA) is 37.4 Å². The van der Waals surface area contributed by atoms with Gasteiger partial charge in [-0.2, -0.15) is 0 Å². The maximum absolute atomic E-state index is 12.1. The molecule has 0 spiro atoms. The molecule has 1 rings (SSSR count). The maximum Gasteiger partial charge on any atom is 0.256 e. The fourth-order valence-electron chi connectivity index (χ4n) is 2.27. The molecule has 1 fully saturated rings. The number of rotatable bonds is 8. The van der Waals surface area contributed by atoms with Gasteiger partial charge in [-0.3, -0.25) is 9.59 Å². The van der Waals surface area contributed by atoms with E-state index in [1.807, 2.05) is 0 Å². The Bertz CT molecular complexity index is 347. The van der Waals surface area contributed by atoms with E-state index in [4.69, 9.17) is 34.8 Å². The van der Waals surface area contributed by atoms with Gasteiger partial charge in [0.25, 0.3) is 3.12 Å². The third kappa shape index (κ3) is 6.42. The van der Waals surface area contributed by atoms with Crippen LogP contribution in [0.1, 0.15) is 58.3 Å². The first-order chi connectivity index (χ1) is 9.35. The Morgan fingerprint density at radius 3 is 2.35 bits per heavy atom. The summed E-state index contributed by atoms with van der Waals surface area (Å²) in [7, 11) is 0. The van der Waals surface area contributed by atoms with Crippen LogP contribution < -0.4 is 0 Å². The van der Waals surface area contributed by atoms with Crippen LogP contribution >= 0.6 is 46.8 Å². The molecule has 1 unspecified atom stereocenters. The van der Waals surface area contributed by atoms with E-state index in [9.17, 15) is 9.59 Å². The molecule has 20 heavy (non-hydrogen) atoms. The normalized spacial score (nSPS) is 20.0. The summed E-state index contributed by atoms with van der Waals surface area (Å²) in [6.45, 7) is 2.18. The lowest BCUT2D eigenvalue weighted by Crippen LogP contribution is -2.26. The molecule has 7 heteroatoms. The maximum atomic E-state index is 12.1. The standard InChI is InChI=1S/C13H20Cl3NO2S/c1-2-3-4-5-6-7-8-10-9-11(18)17(12(10)19)20-13(14,15)16/h10H,2-9H2,1H3. The van der Waals surface area contributed by atoms with Crippen LogP contribution in [-0.2, 0) is 9.59 Å². The summed E-state index contributed by atoms with van der Waals surface area (Å²) < 4.78 is -0.672. The molecule has 1 heterocycles. The largest absolute Gasteiger partial charge is 0.273 e. The zero-order valence-corrected chi connectivity index (χ0v) is 14.6. The van der Waals surface area contributed by atoms with Crippen molar-refractivity contribution in [1.82, 2.24) is 4.31 Å². The van der Waals surface area contributed by atoms with E-state index in [-0.39, 0.29) is 24.2 Å². The van der Waals surface area contributed by atoms with Crippen LogP contribution in [0.4, 0.5) is 0 Å². The van der Waals surface area contributed by atoms with Crippen molar-refractivity contribution in [3.8, 4) is 0 Å². The molecule has 3 nitrogen and oxygen atoms in total. The smallest absolute Gasteiger partial charge is 0.256 e. The summed E-state index contributed by atoms with van der Waals surface area (Å²) in [5.41, 5.74) is 0. The second-order valence-corrected chi connectivity index (χ2v) is 9.13. The van der Waals surface area contributed by atoms with Gasteiger partial charge < -0.3 is 0 Å². The van der Waals surface area contributed by atoms with Gasteiger partial charge in [-0.25, -0.2) is 4.31 Å². The van der Waals surface area contributed by atoms with Crippen LogP contribution in [0.25, 0.3) is 0 Å². The van der Waals surface area contributed by atoms with E-state index in [1.165, 1.54) is 25.7 Å². The van der Waals surface area contributed by atoms with E-state index in [0.29, 0.717) is 11.9 Å². The summed E-state index contributed by atoms with van der Waals surface area (Å²) >= 11 is 17.5. The molecular weight excluding hydrogens is 341 g/mol. The van der Waals surface area contributed by atoms with Crippen molar-refractivity contribution in [2.45, 2.75) is 61.4 Å². The molecule has 0 aromatic heterocycles. The second kappa shape index (κ2) is 8.72. The Morgan fingerprint density at radius 1 is 1.15 bits per heavy atom. The number of hydrogen-bond donors (Lipinski definition) is 0. The van der Waals surface area contributed by atoms with Crippen molar-refractivity contribution in [2.24, 2.45) is 5.92 Å². The van der Waals surface area contributed by atoms with Crippen molar-refractivity contribution in [1.29, 1.82) is 0 Å². The minimum atomic E-state index is -1.68. The first kappa shape index (κ1) is 18.4. The van der Waals surface area contributed by atoms with Crippen LogP contribution in [0, 0.1) is 5.92 Å². The Morgan fingerprint density at radius 2 is 1.75 bits per heavy atom. The van der Waals surface area contributed by atoms with Crippen molar-refractivity contribution in [2.75, 3.05) is 0 Å². The van der Waals surface area contributed by atoms with E-state index in [1.54, 1.807) is 0 Å². The first-order valence-corrected chi connectivity index (χ1v) is 8.88. The number of nitrogens with zero attached hydrogens (tertiary/aromatic N) is 1. The zero-order valence-electron chi connectivity index (χ0n) is 11.5. The molecule has 1 atom stereocenters. The first-order valence-electron chi connectivity index (χ1n) is 6.97. The van der Waals surface area contributed by atoms with E-state index in [0.717, 1.165) is 23.6 Å². The van der Waals surface area contributed by atoms with Gasteiger partial charge >= 0.3 is 0 Å². The molecule has 1 aliphatic rings. The van der Waals surface area contributed by atoms with Crippen molar-refractivity contribution >= 4 is 58.6 Å². The fourth-order valence-corrected chi connectivity index (χ4v) is 3.51.